The van der Waals surface area contributed by atoms with E-state index in [-0.39, 0.29) is 24.2 Å². The summed E-state index contributed by atoms with van der Waals surface area (Å²) in [6.07, 6.45) is 2.06. The lowest BCUT2D eigenvalue weighted by atomic mass is 9.88. The van der Waals surface area contributed by atoms with Crippen molar-refractivity contribution in [1.29, 1.82) is 0 Å². The van der Waals surface area contributed by atoms with Crippen molar-refractivity contribution in [2.24, 2.45) is 11.8 Å². The van der Waals surface area contributed by atoms with E-state index in [9.17, 15) is 4.79 Å². The van der Waals surface area contributed by atoms with Gasteiger partial charge in [0.25, 0.3) is 0 Å². The highest BCUT2D eigenvalue weighted by atomic mass is 35.5. The van der Waals surface area contributed by atoms with Crippen LogP contribution in [0, 0.1) is 11.8 Å². The molecule has 2 rings (SSSR count). The lowest BCUT2D eigenvalue weighted by molar-refractivity contribution is -0.126. The van der Waals surface area contributed by atoms with E-state index in [1.807, 2.05) is 6.92 Å². The average molecular weight is 301 g/mol. The van der Waals surface area contributed by atoms with E-state index in [1.54, 1.807) is 11.8 Å². The Morgan fingerprint density at radius 1 is 1.42 bits per heavy atom. The monoisotopic (exact) mass is 300 g/mol. The van der Waals surface area contributed by atoms with Crippen molar-refractivity contribution < 1.29 is 4.79 Å². The summed E-state index contributed by atoms with van der Waals surface area (Å²) >= 11 is 1.73. The number of halogens is 1. The Kier molecular flexibility index (Phi) is 6.69. The molecule has 0 aliphatic carbocycles. The molecule has 19 heavy (non-hydrogen) atoms. The third-order valence-electron chi connectivity index (χ3n) is 3.56. The van der Waals surface area contributed by atoms with Crippen LogP contribution in [0.15, 0.2) is 29.2 Å². The van der Waals surface area contributed by atoms with Gasteiger partial charge in [-0.3, -0.25) is 4.79 Å². The first-order valence-electron chi connectivity index (χ1n) is 6.32. The number of hydrogen-bond donors (Lipinski definition) is 2. The molecule has 1 aliphatic rings. The molecule has 1 heterocycles. The fraction of sp³-hybridized carbons (Fsp3) is 0.500. The molecule has 0 bridgehead atoms. The van der Waals surface area contributed by atoms with Gasteiger partial charge < -0.3 is 10.6 Å². The second-order valence-electron chi connectivity index (χ2n) is 4.77. The van der Waals surface area contributed by atoms with Crippen LogP contribution < -0.4 is 10.6 Å². The predicted octanol–water partition coefficient (Wildman–Crippen LogP) is 2.30. The van der Waals surface area contributed by atoms with Crippen LogP contribution in [0.25, 0.3) is 0 Å². The first-order valence-corrected chi connectivity index (χ1v) is 7.54. The molecule has 1 fully saturated rings. The zero-order valence-corrected chi connectivity index (χ0v) is 12.9. The van der Waals surface area contributed by atoms with Crippen molar-refractivity contribution in [3.05, 3.63) is 29.8 Å². The normalized spacial score (nSPS) is 16.1. The van der Waals surface area contributed by atoms with Crippen LogP contribution in [0.4, 0.5) is 0 Å². The summed E-state index contributed by atoms with van der Waals surface area (Å²) in [6, 6.07) is 8.32. The number of amides is 1. The lowest BCUT2D eigenvalue weighted by Gasteiger charge is -2.31. The van der Waals surface area contributed by atoms with Crippen LogP contribution in [-0.2, 0) is 11.3 Å². The standard InChI is InChI=1S/C14H20N2OS.ClH/c1-10(12-8-15-9-12)14(17)16-7-11-3-5-13(18-2)6-4-11;/h3-6,10,12,15H,7-9H2,1-2H3,(H,16,17);1H. The maximum atomic E-state index is 11.9. The quantitative estimate of drug-likeness (QED) is 0.820. The van der Waals surface area contributed by atoms with Gasteiger partial charge >= 0.3 is 0 Å². The number of rotatable bonds is 5. The minimum absolute atomic E-state index is 0. The fourth-order valence-corrected chi connectivity index (χ4v) is 2.38. The fourth-order valence-electron chi connectivity index (χ4n) is 1.97. The predicted molar refractivity (Wildman–Crippen MR) is 82.8 cm³/mol. The lowest BCUT2D eigenvalue weighted by Crippen LogP contribution is -2.49. The van der Waals surface area contributed by atoms with Crippen molar-refractivity contribution in [2.75, 3.05) is 19.3 Å². The molecule has 1 amide bonds. The number of thioether (sulfide) groups is 1. The van der Waals surface area contributed by atoms with E-state index in [2.05, 4.69) is 41.2 Å². The Morgan fingerprint density at radius 2 is 2.05 bits per heavy atom. The van der Waals surface area contributed by atoms with E-state index in [0.717, 1.165) is 18.7 Å². The van der Waals surface area contributed by atoms with Gasteiger partial charge in [0.05, 0.1) is 0 Å². The maximum absolute atomic E-state index is 11.9. The Morgan fingerprint density at radius 3 is 2.53 bits per heavy atom. The Bertz CT molecular complexity index is 406. The number of carbonyl (C=O) groups is 1. The molecule has 2 N–H and O–H groups in total. The largest absolute Gasteiger partial charge is 0.352 e. The van der Waals surface area contributed by atoms with E-state index in [0.29, 0.717) is 12.5 Å². The minimum atomic E-state index is 0. The highest BCUT2D eigenvalue weighted by molar-refractivity contribution is 7.98. The Balaban J connectivity index is 0.00000180. The van der Waals surface area contributed by atoms with Crippen LogP contribution >= 0.6 is 24.2 Å². The molecule has 3 nitrogen and oxygen atoms in total. The summed E-state index contributed by atoms with van der Waals surface area (Å²) < 4.78 is 0. The smallest absolute Gasteiger partial charge is 0.223 e. The third-order valence-corrected chi connectivity index (χ3v) is 4.30. The first-order chi connectivity index (χ1) is 8.70. The molecule has 0 radical (unpaired) electrons. The van der Waals surface area contributed by atoms with Crippen LogP contribution in [0.5, 0.6) is 0 Å². The molecule has 106 valence electrons. The molecular weight excluding hydrogens is 280 g/mol. The summed E-state index contributed by atoms with van der Waals surface area (Å²) in [6.45, 7) is 4.57. The Hall–Kier alpha value is -0.710. The van der Waals surface area contributed by atoms with Gasteiger partial charge in [0.2, 0.25) is 5.91 Å². The maximum Gasteiger partial charge on any atom is 0.223 e. The van der Waals surface area contributed by atoms with E-state index in [1.165, 1.54) is 4.90 Å². The molecule has 1 atom stereocenters. The number of nitrogens with one attached hydrogen (secondary N) is 2. The van der Waals surface area contributed by atoms with E-state index in [4.69, 9.17) is 0 Å². The van der Waals surface area contributed by atoms with Gasteiger partial charge in [0.1, 0.15) is 0 Å². The third kappa shape index (κ3) is 4.41. The second kappa shape index (κ2) is 7.78. The van der Waals surface area contributed by atoms with Gasteiger partial charge in [-0.2, -0.15) is 0 Å². The second-order valence-corrected chi connectivity index (χ2v) is 5.65. The zero-order chi connectivity index (χ0) is 13.0. The molecule has 1 saturated heterocycles. The SMILES string of the molecule is CSc1ccc(CNC(=O)C(C)C2CNC2)cc1.Cl. The van der Waals surface area contributed by atoms with Crippen LogP contribution in [0.2, 0.25) is 0 Å². The van der Waals surface area contributed by atoms with Crippen LogP contribution in [-0.4, -0.2) is 25.3 Å². The zero-order valence-electron chi connectivity index (χ0n) is 11.3. The summed E-state index contributed by atoms with van der Waals surface area (Å²) in [5.41, 5.74) is 1.15. The minimum Gasteiger partial charge on any atom is -0.352 e. The number of carbonyl (C=O) groups excluding carboxylic acids is 1. The van der Waals surface area contributed by atoms with Gasteiger partial charge in [0.15, 0.2) is 0 Å². The molecule has 0 saturated carbocycles. The topological polar surface area (TPSA) is 41.1 Å². The molecule has 0 aromatic heterocycles. The average Bonchev–Trinajstić information content (AvgIpc) is 2.34. The highest BCUT2D eigenvalue weighted by Gasteiger charge is 2.28. The molecule has 5 heteroatoms. The summed E-state index contributed by atoms with van der Waals surface area (Å²) in [5.74, 6) is 0.774. The molecule has 1 aliphatic heterocycles. The Labute approximate surface area is 125 Å². The van der Waals surface area contributed by atoms with Gasteiger partial charge in [-0.05, 0) is 43.0 Å². The van der Waals surface area contributed by atoms with Crippen LogP contribution in [0.3, 0.4) is 0 Å². The van der Waals surface area contributed by atoms with Crippen molar-refractivity contribution in [3.63, 3.8) is 0 Å². The van der Waals surface area contributed by atoms with Gasteiger partial charge in [-0.15, -0.1) is 24.2 Å². The number of hydrogen-bond acceptors (Lipinski definition) is 3. The van der Waals surface area contributed by atoms with Gasteiger partial charge in [-0.1, -0.05) is 19.1 Å². The molecule has 1 aromatic carbocycles. The van der Waals surface area contributed by atoms with E-state index < -0.39 is 0 Å². The first kappa shape index (κ1) is 16.3. The van der Waals surface area contributed by atoms with Crippen molar-refractivity contribution in [3.8, 4) is 0 Å². The molecule has 0 spiro atoms. The van der Waals surface area contributed by atoms with Gasteiger partial charge in [-0.25, -0.2) is 0 Å². The summed E-state index contributed by atoms with van der Waals surface area (Å²) in [5, 5.41) is 6.21. The van der Waals surface area contributed by atoms with Crippen molar-refractivity contribution in [2.45, 2.75) is 18.4 Å². The van der Waals surface area contributed by atoms with Crippen LogP contribution in [0.1, 0.15) is 12.5 Å². The molecule has 1 aromatic rings. The highest BCUT2D eigenvalue weighted by Crippen LogP contribution is 2.17. The van der Waals surface area contributed by atoms with Gasteiger partial charge in [0, 0.05) is 17.4 Å². The molecular formula is C14H21ClN2OS. The van der Waals surface area contributed by atoms with E-state index >= 15 is 0 Å². The summed E-state index contributed by atoms with van der Waals surface area (Å²) in [4.78, 5) is 13.2. The summed E-state index contributed by atoms with van der Waals surface area (Å²) in [7, 11) is 0. The van der Waals surface area contributed by atoms with Crippen molar-refractivity contribution in [1.82, 2.24) is 10.6 Å². The number of benzene rings is 1. The van der Waals surface area contributed by atoms with Crippen molar-refractivity contribution >= 4 is 30.1 Å². The molecule has 1 unspecified atom stereocenters.